The lowest BCUT2D eigenvalue weighted by molar-refractivity contribution is -0.122. The van der Waals surface area contributed by atoms with Crippen molar-refractivity contribution in [2.75, 3.05) is 10.2 Å². The number of carbonyl (C=O) groups excluding carboxylic acids is 3. The van der Waals surface area contributed by atoms with E-state index in [2.05, 4.69) is 5.32 Å². The second kappa shape index (κ2) is 5.57. The highest BCUT2D eigenvalue weighted by atomic mass is 35.5. The predicted octanol–water partition coefficient (Wildman–Crippen LogP) is 2.75. The Hall–Kier alpha value is -2.14. The molecule has 3 amide bonds. The number of nitrogens with zero attached hydrogens (tertiary/aromatic N) is 1. The van der Waals surface area contributed by atoms with E-state index in [0.29, 0.717) is 29.2 Å². The van der Waals surface area contributed by atoms with E-state index in [-0.39, 0.29) is 29.6 Å². The van der Waals surface area contributed by atoms with E-state index in [1.165, 1.54) is 11.8 Å². The van der Waals surface area contributed by atoms with Crippen LogP contribution in [0.15, 0.2) is 30.4 Å². The van der Waals surface area contributed by atoms with Gasteiger partial charge in [-0.2, -0.15) is 0 Å². The lowest BCUT2D eigenvalue weighted by Crippen LogP contribution is -2.30. The summed E-state index contributed by atoms with van der Waals surface area (Å²) in [5.74, 6) is -1.20. The van der Waals surface area contributed by atoms with Crippen molar-refractivity contribution in [3.8, 4) is 0 Å². The van der Waals surface area contributed by atoms with Gasteiger partial charge in [0.25, 0.3) is 0 Å². The Morgan fingerprint density at radius 2 is 1.77 bits per heavy atom. The number of allylic oxidation sites excluding steroid dienone is 2. The number of imide groups is 1. The van der Waals surface area contributed by atoms with Gasteiger partial charge in [-0.15, -0.1) is 0 Å². The van der Waals surface area contributed by atoms with Crippen molar-refractivity contribution in [2.45, 2.75) is 19.8 Å². The summed E-state index contributed by atoms with van der Waals surface area (Å²) in [6, 6.07) is 4.75. The molecular weight excluding hydrogens is 304 g/mol. The molecule has 5 nitrogen and oxygen atoms in total. The van der Waals surface area contributed by atoms with Gasteiger partial charge >= 0.3 is 0 Å². The van der Waals surface area contributed by atoms with E-state index >= 15 is 0 Å². The Kier molecular flexibility index (Phi) is 3.74. The summed E-state index contributed by atoms with van der Waals surface area (Å²) in [5, 5.41) is 2.96. The maximum absolute atomic E-state index is 12.5. The normalized spacial score (nSPS) is 23.6. The monoisotopic (exact) mass is 318 g/mol. The first-order valence-corrected chi connectivity index (χ1v) is 7.47. The standard InChI is InChI=1S/C16H15ClN2O3/c1-9(20)18-14-8-10(6-7-13(14)17)19-15(21)11-4-2-3-5-12(11)16(19)22/h2-3,6-8,11-12H,4-5H2,1H3,(H,18,20)/t11-,12-/m1/s1. The van der Waals surface area contributed by atoms with Crippen molar-refractivity contribution in [1.82, 2.24) is 0 Å². The maximum Gasteiger partial charge on any atom is 0.238 e. The fraction of sp³-hybridized carbons (Fsp3) is 0.312. The van der Waals surface area contributed by atoms with Gasteiger partial charge in [-0.1, -0.05) is 23.8 Å². The molecule has 114 valence electrons. The molecule has 1 heterocycles. The van der Waals surface area contributed by atoms with Crippen LogP contribution in [0.5, 0.6) is 0 Å². The van der Waals surface area contributed by atoms with E-state index in [9.17, 15) is 14.4 Å². The zero-order valence-corrected chi connectivity index (χ0v) is 12.8. The Balaban J connectivity index is 1.96. The molecule has 2 aliphatic rings. The van der Waals surface area contributed by atoms with Crippen LogP contribution in [0.2, 0.25) is 5.02 Å². The largest absolute Gasteiger partial charge is 0.325 e. The van der Waals surface area contributed by atoms with E-state index in [0.717, 1.165) is 0 Å². The van der Waals surface area contributed by atoms with Crippen LogP contribution in [0.3, 0.4) is 0 Å². The molecule has 1 aromatic rings. The molecular formula is C16H15ClN2O3. The van der Waals surface area contributed by atoms with Crippen molar-refractivity contribution in [1.29, 1.82) is 0 Å². The van der Waals surface area contributed by atoms with Crippen molar-refractivity contribution in [3.63, 3.8) is 0 Å². The molecule has 0 radical (unpaired) electrons. The zero-order valence-electron chi connectivity index (χ0n) is 12.0. The Morgan fingerprint density at radius 1 is 1.18 bits per heavy atom. The summed E-state index contributed by atoms with van der Waals surface area (Å²) in [4.78, 5) is 37.5. The lowest BCUT2D eigenvalue weighted by Gasteiger charge is -2.16. The summed E-state index contributed by atoms with van der Waals surface area (Å²) < 4.78 is 0. The molecule has 0 saturated carbocycles. The Labute approximate surface area is 132 Å². The van der Waals surface area contributed by atoms with Crippen LogP contribution in [0.4, 0.5) is 11.4 Å². The molecule has 1 aliphatic heterocycles. The van der Waals surface area contributed by atoms with Crippen LogP contribution in [-0.2, 0) is 14.4 Å². The molecule has 1 fully saturated rings. The van der Waals surface area contributed by atoms with E-state index in [1.807, 2.05) is 12.2 Å². The van der Waals surface area contributed by atoms with Gasteiger partial charge in [-0.3, -0.25) is 14.4 Å². The number of carbonyl (C=O) groups is 3. The first kappa shape index (κ1) is 14.8. The number of benzene rings is 1. The molecule has 0 aromatic heterocycles. The maximum atomic E-state index is 12.5. The van der Waals surface area contributed by atoms with Gasteiger partial charge < -0.3 is 5.32 Å². The van der Waals surface area contributed by atoms with Gasteiger partial charge in [0.1, 0.15) is 0 Å². The highest BCUT2D eigenvalue weighted by molar-refractivity contribution is 6.34. The third-order valence-electron chi connectivity index (χ3n) is 4.03. The quantitative estimate of drug-likeness (QED) is 0.673. The number of hydrogen-bond acceptors (Lipinski definition) is 3. The van der Waals surface area contributed by atoms with Crippen LogP contribution in [0, 0.1) is 11.8 Å². The topological polar surface area (TPSA) is 66.5 Å². The van der Waals surface area contributed by atoms with Gasteiger partial charge in [-0.05, 0) is 31.0 Å². The minimum Gasteiger partial charge on any atom is -0.325 e. The summed E-state index contributed by atoms with van der Waals surface area (Å²) in [5.41, 5.74) is 0.831. The Morgan fingerprint density at radius 3 is 2.32 bits per heavy atom. The van der Waals surface area contributed by atoms with Gasteiger partial charge in [0, 0.05) is 6.92 Å². The minimum absolute atomic E-state index is 0.185. The first-order valence-electron chi connectivity index (χ1n) is 7.09. The summed E-state index contributed by atoms with van der Waals surface area (Å²) in [6.07, 6.45) is 5.08. The molecule has 0 bridgehead atoms. The van der Waals surface area contributed by atoms with E-state index in [1.54, 1.807) is 18.2 Å². The number of amides is 3. The molecule has 6 heteroatoms. The summed E-state index contributed by atoms with van der Waals surface area (Å²) in [7, 11) is 0. The Bertz CT molecular complexity index is 673. The second-order valence-corrected chi connectivity index (χ2v) is 5.92. The number of nitrogens with one attached hydrogen (secondary N) is 1. The van der Waals surface area contributed by atoms with Gasteiger partial charge in [0.05, 0.1) is 28.2 Å². The third-order valence-corrected chi connectivity index (χ3v) is 4.36. The molecule has 1 aliphatic carbocycles. The minimum atomic E-state index is -0.280. The predicted molar refractivity (Wildman–Crippen MR) is 83.6 cm³/mol. The van der Waals surface area contributed by atoms with Crippen LogP contribution >= 0.6 is 11.6 Å². The van der Waals surface area contributed by atoms with Crippen molar-refractivity contribution in [2.24, 2.45) is 11.8 Å². The fourth-order valence-corrected chi connectivity index (χ4v) is 3.16. The summed E-state index contributed by atoms with van der Waals surface area (Å²) in [6.45, 7) is 1.37. The van der Waals surface area contributed by atoms with Crippen molar-refractivity contribution in [3.05, 3.63) is 35.4 Å². The lowest BCUT2D eigenvalue weighted by atomic mass is 9.85. The highest BCUT2D eigenvalue weighted by Crippen LogP contribution is 2.39. The molecule has 1 N–H and O–H groups in total. The second-order valence-electron chi connectivity index (χ2n) is 5.51. The number of rotatable bonds is 2. The van der Waals surface area contributed by atoms with Crippen LogP contribution < -0.4 is 10.2 Å². The smallest absolute Gasteiger partial charge is 0.238 e. The van der Waals surface area contributed by atoms with E-state index < -0.39 is 0 Å². The van der Waals surface area contributed by atoms with Crippen LogP contribution in [-0.4, -0.2) is 17.7 Å². The van der Waals surface area contributed by atoms with Crippen LogP contribution in [0.1, 0.15) is 19.8 Å². The molecule has 1 aromatic carbocycles. The van der Waals surface area contributed by atoms with Crippen LogP contribution in [0.25, 0.3) is 0 Å². The average molecular weight is 319 g/mol. The highest BCUT2D eigenvalue weighted by Gasteiger charge is 2.47. The number of halogens is 1. The fourth-order valence-electron chi connectivity index (χ4n) is 2.99. The van der Waals surface area contributed by atoms with Crippen molar-refractivity contribution >= 4 is 40.7 Å². The van der Waals surface area contributed by atoms with Gasteiger partial charge in [0.15, 0.2) is 0 Å². The molecule has 22 heavy (non-hydrogen) atoms. The van der Waals surface area contributed by atoms with Gasteiger partial charge in [0.2, 0.25) is 17.7 Å². The van der Waals surface area contributed by atoms with Gasteiger partial charge in [-0.25, -0.2) is 4.90 Å². The molecule has 2 atom stereocenters. The van der Waals surface area contributed by atoms with E-state index in [4.69, 9.17) is 11.6 Å². The summed E-state index contributed by atoms with van der Waals surface area (Å²) >= 11 is 6.03. The SMILES string of the molecule is CC(=O)Nc1cc(N2C(=O)[C@@H]3CC=CC[C@H]3C2=O)ccc1Cl. The first-order chi connectivity index (χ1) is 10.5. The average Bonchev–Trinajstić information content (AvgIpc) is 2.74. The molecule has 0 spiro atoms. The molecule has 0 unspecified atom stereocenters. The van der Waals surface area contributed by atoms with Crippen molar-refractivity contribution < 1.29 is 14.4 Å². The number of anilines is 2. The molecule has 1 saturated heterocycles. The number of fused-ring (bicyclic) bond motifs is 1. The molecule has 3 rings (SSSR count). The zero-order chi connectivity index (χ0) is 15.9. The number of hydrogen-bond donors (Lipinski definition) is 1. The third kappa shape index (κ3) is 2.41.